The first-order valence-corrected chi connectivity index (χ1v) is 21.4. The van der Waals surface area contributed by atoms with Gasteiger partial charge >= 0.3 is 19.8 Å². The van der Waals surface area contributed by atoms with Gasteiger partial charge in [0.15, 0.2) is 6.10 Å². The SMILES string of the molecule is CC/C=C\C[C@@H](O)/C=C/C=C/C=C\C=C/[C@H](O)[C@@H](O)CCCC(=O)OC[C@H](COP(=O)(O)O)OC(=O)CCCCCC/C=C\C/C=C\C/C=C\CCCCC. The predicted molar refractivity (Wildman–Crippen MR) is 220 cm³/mol. The first kappa shape index (κ1) is 51.9. The van der Waals surface area contributed by atoms with Crippen LogP contribution in [-0.4, -0.2) is 74.7 Å². The second-order valence-electron chi connectivity index (χ2n) is 13.1. The standard InChI is InChI=1S/C43H69O11P/c1-3-5-7-8-9-10-11-12-13-14-15-16-17-18-19-24-28-34-43(48)54-39(37-53-55(49,50)51)36-52-42(47)35-29-33-41(46)40(45)32-27-23-21-20-22-26-31-38(44)30-25-6-4-2/h6,9-10,12-13,15-16,20-23,25-27,31-32,38-41,44-46H,3-5,7-8,11,14,17-19,24,28-30,33-37H2,1-2H3,(H2,49,50,51)/b10-9-,13-12-,16-15-,22-20+,23-21-,25-6-,31-26+,32-27-/t38-,39-,40+,41+/m1/s1. The zero-order valence-corrected chi connectivity index (χ0v) is 34.0. The first-order valence-electron chi connectivity index (χ1n) is 19.9. The Bertz CT molecular complexity index is 1260. The molecular weight excluding hydrogens is 723 g/mol. The molecule has 0 aliphatic heterocycles. The van der Waals surface area contributed by atoms with Crippen LogP contribution in [0.15, 0.2) is 97.2 Å². The van der Waals surface area contributed by atoms with Crippen molar-refractivity contribution in [3.63, 3.8) is 0 Å². The highest BCUT2D eigenvalue weighted by molar-refractivity contribution is 7.46. The lowest BCUT2D eigenvalue weighted by Gasteiger charge is -2.18. The molecule has 0 aromatic carbocycles. The molecule has 0 aromatic rings. The van der Waals surface area contributed by atoms with E-state index in [4.69, 9.17) is 19.3 Å². The van der Waals surface area contributed by atoms with Gasteiger partial charge in [0.1, 0.15) is 6.61 Å². The smallest absolute Gasteiger partial charge is 0.462 e. The summed E-state index contributed by atoms with van der Waals surface area (Å²) in [6, 6.07) is 0. The van der Waals surface area contributed by atoms with Gasteiger partial charge < -0.3 is 34.6 Å². The molecule has 0 aliphatic rings. The third-order valence-corrected chi connectivity index (χ3v) is 8.41. The maximum Gasteiger partial charge on any atom is 0.469 e. The van der Waals surface area contributed by atoms with Crippen molar-refractivity contribution < 1.29 is 53.3 Å². The number of aliphatic hydroxyl groups excluding tert-OH is 3. The van der Waals surface area contributed by atoms with E-state index in [1.54, 1.807) is 42.5 Å². The second-order valence-corrected chi connectivity index (χ2v) is 14.3. The summed E-state index contributed by atoms with van der Waals surface area (Å²) < 4.78 is 26.1. The highest BCUT2D eigenvalue weighted by Gasteiger charge is 2.23. The molecule has 0 saturated carbocycles. The maximum absolute atomic E-state index is 12.4. The van der Waals surface area contributed by atoms with Crippen molar-refractivity contribution >= 4 is 19.8 Å². The first-order chi connectivity index (χ1) is 26.5. The lowest BCUT2D eigenvalue weighted by molar-refractivity contribution is -0.161. The van der Waals surface area contributed by atoms with Crippen LogP contribution >= 0.6 is 7.82 Å². The largest absolute Gasteiger partial charge is 0.469 e. The Labute approximate surface area is 330 Å². The van der Waals surface area contributed by atoms with Crippen molar-refractivity contribution in [2.45, 2.75) is 147 Å². The number of esters is 2. The molecule has 12 heteroatoms. The molecule has 0 radical (unpaired) electrons. The van der Waals surface area contributed by atoms with Crippen molar-refractivity contribution in [1.82, 2.24) is 0 Å². The fraction of sp³-hybridized carbons (Fsp3) is 0.581. The number of rotatable bonds is 34. The summed E-state index contributed by atoms with van der Waals surface area (Å²) in [5.41, 5.74) is 0. The summed E-state index contributed by atoms with van der Waals surface area (Å²) in [6.07, 6.45) is 39.3. The van der Waals surface area contributed by atoms with E-state index in [0.29, 0.717) is 12.8 Å². The lowest BCUT2D eigenvalue weighted by atomic mass is 10.1. The molecule has 0 aliphatic carbocycles. The van der Waals surface area contributed by atoms with Gasteiger partial charge in [0.25, 0.3) is 0 Å². The molecule has 4 atom stereocenters. The summed E-state index contributed by atoms with van der Waals surface area (Å²) in [5.74, 6) is -1.25. The van der Waals surface area contributed by atoms with Crippen molar-refractivity contribution in [2.24, 2.45) is 0 Å². The molecule has 0 heterocycles. The summed E-state index contributed by atoms with van der Waals surface area (Å²) in [6.45, 7) is 3.13. The van der Waals surface area contributed by atoms with E-state index in [0.717, 1.165) is 51.4 Å². The average Bonchev–Trinajstić information content (AvgIpc) is 3.14. The zero-order valence-electron chi connectivity index (χ0n) is 33.1. The van der Waals surface area contributed by atoms with E-state index in [1.165, 1.54) is 25.3 Å². The zero-order chi connectivity index (χ0) is 40.8. The summed E-state index contributed by atoms with van der Waals surface area (Å²) in [7, 11) is -4.85. The van der Waals surface area contributed by atoms with Gasteiger partial charge in [-0.3, -0.25) is 14.1 Å². The van der Waals surface area contributed by atoms with E-state index in [9.17, 15) is 29.5 Å². The van der Waals surface area contributed by atoms with Crippen LogP contribution in [0.3, 0.4) is 0 Å². The van der Waals surface area contributed by atoms with Gasteiger partial charge in [-0.15, -0.1) is 0 Å². The molecule has 0 bridgehead atoms. The minimum atomic E-state index is -4.85. The molecule has 0 amide bonds. The minimum Gasteiger partial charge on any atom is -0.462 e. The highest BCUT2D eigenvalue weighted by Crippen LogP contribution is 2.36. The Morgan fingerprint density at radius 2 is 1.22 bits per heavy atom. The van der Waals surface area contributed by atoms with Gasteiger partial charge in [-0.1, -0.05) is 137 Å². The number of allylic oxidation sites excluding steroid dienone is 13. The number of phosphoric acid groups is 1. The number of phosphoric ester groups is 1. The second kappa shape index (κ2) is 36.5. The molecule has 0 spiro atoms. The van der Waals surface area contributed by atoms with Gasteiger partial charge in [0.2, 0.25) is 0 Å². The molecule has 55 heavy (non-hydrogen) atoms. The number of ether oxygens (including phenoxy) is 2. The number of unbranched alkanes of at least 4 members (excludes halogenated alkanes) is 7. The van der Waals surface area contributed by atoms with Crippen LogP contribution in [0.4, 0.5) is 0 Å². The lowest BCUT2D eigenvalue weighted by Crippen LogP contribution is -2.29. The van der Waals surface area contributed by atoms with Crippen molar-refractivity contribution in [2.75, 3.05) is 13.2 Å². The average molecular weight is 793 g/mol. The normalized spacial score (nSPS) is 15.3. The van der Waals surface area contributed by atoms with E-state index >= 15 is 0 Å². The maximum atomic E-state index is 12.4. The van der Waals surface area contributed by atoms with Gasteiger partial charge in [-0.05, 0) is 70.6 Å². The van der Waals surface area contributed by atoms with Crippen LogP contribution < -0.4 is 0 Å². The summed E-state index contributed by atoms with van der Waals surface area (Å²) >= 11 is 0. The third kappa shape index (κ3) is 37.5. The molecule has 5 N–H and O–H groups in total. The van der Waals surface area contributed by atoms with E-state index in [2.05, 4.69) is 47.9 Å². The summed E-state index contributed by atoms with van der Waals surface area (Å²) in [5, 5.41) is 30.2. The molecule has 312 valence electrons. The van der Waals surface area contributed by atoms with E-state index < -0.39 is 57.4 Å². The van der Waals surface area contributed by atoms with Gasteiger partial charge in [0.05, 0.1) is 24.9 Å². The molecule has 0 saturated heterocycles. The molecular formula is C43H69O11P. The number of carbonyl (C=O) groups excluding carboxylic acids is 2. The number of hydrogen-bond donors (Lipinski definition) is 5. The van der Waals surface area contributed by atoms with Gasteiger partial charge in [-0.2, -0.15) is 0 Å². The van der Waals surface area contributed by atoms with Crippen molar-refractivity contribution in [3.8, 4) is 0 Å². The van der Waals surface area contributed by atoms with E-state index in [1.807, 2.05) is 19.1 Å². The topological polar surface area (TPSA) is 180 Å². The number of aliphatic hydroxyl groups is 3. The molecule has 0 aromatic heterocycles. The third-order valence-electron chi connectivity index (χ3n) is 7.93. The predicted octanol–water partition coefficient (Wildman–Crippen LogP) is 8.75. The van der Waals surface area contributed by atoms with Crippen molar-refractivity contribution in [3.05, 3.63) is 97.2 Å². The Morgan fingerprint density at radius 3 is 1.85 bits per heavy atom. The Hall–Kier alpha value is -3.15. The van der Waals surface area contributed by atoms with Crippen molar-refractivity contribution in [1.29, 1.82) is 0 Å². The quantitative estimate of drug-likeness (QED) is 0.0138. The van der Waals surface area contributed by atoms with Crippen LogP contribution in [0.5, 0.6) is 0 Å². The fourth-order valence-corrected chi connectivity index (χ4v) is 5.20. The minimum absolute atomic E-state index is 0.0992. The Morgan fingerprint density at radius 1 is 0.636 bits per heavy atom. The van der Waals surface area contributed by atoms with Crippen LogP contribution in [0.2, 0.25) is 0 Å². The summed E-state index contributed by atoms with van der Waals surface area (Å²) in [4.78, 5) is 42.8. The van der Waals surface area contributed by atoms with Crippen LogP contribution in [0.25, 0.3) is 0 Å². The number of hydrogen-bond acceptors (Lipinski definition) is 9. The van der Waals surface area contributed by atoms with Gasteiger partial charge in [-0.25, -0.2) is 4.57 Å². The molecule has 0 unspecified atom stereocenters. The van der Waals surface area contributed by atoms with E-state index in [-0.39, 0.29) is 25.7 Å². The molecule has 0 rings (SSSR count). The van der Waals surface area contributed by atoms with Crippen LogP contribution in [0, 0.1) is 0 Å². The molecule has 11 nitrogen and oxygen atoms in total. The number of carbonyl (C=O) groups is 2. The Kier molecular flexibility index (Phi) is 34.4. The van der Waals surface area contributed by atoms with Crippen LogP contribution in [0.1, 0.15) is 123 Å². The Balaban J connectivity index is 4.35. The monoisotopic (exact) mass is 792 g/mol. The van der Waals surface area contributed by atoms with Gasteiger partial charge in [0, 0.05) is 12.8 Å². The highest BCUT2D eigenvalue weighted by atomic mass is 31.2. The fourth-order valence-electron chi connectivity index (χ4n) is 4.84. The van der Waals surface area contributed by atoms with Crippen LogP contribution in [-0.2, 0) is 28.2 Å². The molecule has 0 fully saturated rings.